The smallest absolute Gasteiger partial charge is 0.244 e. The van der Waals surface area contributed by atoms with E-state index in [1.807, 2.05) is 13.8 Å². The van der Waals surface area contributed by atoms with E-state index in [2.05, 4.69) is 13.8 Å². The molecule has 1 radical (unpaired) electrons. The summed E-state index contributed by atoms with van der Waals surface area (Å²) in [6, 6.07) is 0. The molecule has 0 rings (SSSR count). The second-order valence-electron chi connectivity index (χ2n) is 3.85. The van der Waals surface area contributed by atoms with E-state index in [1.165, 1.54) is 11.4 Å². The van der Waals surface area contributed by atoms with Gasteiger partial charge in [0.25, 0.3) is 0 Å². The predicted molar refractivity (Wildman–Crippen MR) is 64.6 cm³/mol. The van der Waals surface area contributed by atoms with Crippen LogP contribution < -0.4 is 0 Å². The maximum absolute atomic E-state index is 9.68. The first-order chi connectivity index (χ1) is 5.83. The van der Waals surface area contributed by atoms with Gasteiger partial charge in [-0.1, -0.05) is 39.1 Å². The normalized spacial score (nSPS) is 15.4. The van der Waals surface area contributed by atoms with Gasteiger partial charge in [0.05, 0.1) is 6.61 Å². The van der Waals surface area contributed by atoms with Crippen LogP contribution in [0.25, 0.3) is 0 Å². The first-order valence-corrected chi connectivity index (χ1v) is 8.71. The molecule has 0 aromatic carbocycles. The van der Waals surface area contributed by atoms with Gasteiger partial charge < -0.3 is 9.42 Å². The van der Waals surface area contributed by atoms with Crippen LogP contribution in [0.3, 0.4) is 0 Å². The Morgan fingerprint density at radius 1 is 1.29 bits per heavy atom. The van der Waals surface area contributed by atoms with Crippen LogP contribution in [0.4, 0.5) is 0 Å². The summed E-state index contributed by atoms with van der Waals surface area (Å²) in [6.45, 7) is 8.85. The molecule has 14 heavy (non-hydrogen) atoms. The first-order valence-electron chi connectivity index (χ1n) is 4.45. The molecule has 0 heterocycles. The van der Waals surface area contributed by atoms with Gasteiger partial charge in [-0.25, -0.2) is 0 Å². The van der Waals surface area contributed by atoms with Crippen molar-refractivity contribution >= 4 is 28.9 Å². The van der Waals surface area contributed by atoms with Gasteiger partial charge in [-0.2, -0.15) is 0 Å². The van der Waals surface area contributed by atoms with Gasteiger partial charge in [-0.15, -0.1) is 0 Å². The van der Waals surface area contributed by atoms with Gasteiger partial charge in [0.2, 0.25) is 5.69 Å². The molecule has 2 nitrogen and oxygen atoms in total. The van der Waals surface area contributed by atoms with Crippen molar-refractivity contribution in [3.63, 3.8) is 0 Å². The Labute approximate surface area is 107 Å². The molecule has 1 N–H and O–H groups in total. The Bertz CT molecular complexity index is 172. The van der Waals surface area contributed by atoms with Gasteiger partial charge in [0.15, 0.2) is 0 Å². The minimum Gasteiger partial charge on any atom is -0.337 e. The van der Waals surface area contributed by atoms with Crippen LogP contribution in [0.5, 0.6) is 0 Å². The molecule has 0 aromatic rings. The van der Waals surface area contributed by atoms with Crippen molar-refractivity contribution in [3.05, 3.63) is 0 Å². The minimum absolute atomic E-state index is 0. The van der Waals surface area contributed by atoms with Crippen LogP contribution in [0.1, 0.15) is 27.7 Å². The molecule has 0 saturated carbocycles. The Balaban J connectivity index is 0. The molecule has 0 fully saturated rings. The third kappa shape index (κ3) is 11.5. The maximum atomic E-state index is 9.68. The van der Waals surface area contributed by atoms with Crippen LogP contribution in [0.2, 0.25) is 0 Å². The van der Waals surface area contributed by atoms with E-state index in [-0.39, 0.29) is 17.1 Å². The van der Waals surface area contributed by atoms with E-state index in [0.717, 1.165) is 5.75 Å². The van der Waals surface area contributed by atoms with Crippen molar-refractivity contribution in [3.8, 4) is 0 Å². The van der Waals surface area contributed by atoms with Crippen LogP contribution >= 0.6 is 17.1 Å². The van der Waals surface area contributed by atoms with E-state index in [0.29, 0.717) is 18.4 Å². The van der Waals surface area contributed by atoms with Gasteiger partial charge in [0, 0.05) is 22.8 Å². The first kappa shape index (κ1) is 17.8. The fourth-order valence-electron chi connectivity index (χ4n) is 0.524. The summed E-state index contributed by atoms with van der Waals surface area (Å²) in [5.41, 5.74) is -2.55. The summed E-state index contributed by atoms with van der Waals surface area (Å²) in [6.07, 6.45) is 0. The molecule has 91 valence electrons. The molecule has 0 spiro atoms. The van der Waals surface area contributed by atoms with Crippen molar-refractivity contribution < 1.29 is 26.5 Å². The molecule has 0 aromatic heterocycles. The standard InChI is InChI=1S/C8H19O2PS2.Cu/c1-7(2)5-10-11(9,12)13-6-8(3)4;/h7-8H,5-6H2,1-4H3,(H,9,12);. The van der Waals surface area contributed by atoms with E-state index in [4.69, 9.17) is 16.3 Å². The fourth-order valence-corrected chi connectivity index (χ4v) is 4.17. The Kier molecular flexibility index (Phi) is 10.9. The molecule has 0 aliphatic rings. The zero-order chi connectivity index (χ0) is 10.5. The largest absolute Gasteiger partial charge is 0.337 e. The average molecular weight is 306 g/mol. The van der Waals surface area contributed by atoms with Crippen LogP contribution in [0, 0.1) is 11.8 Å². The van der Waals surface area contributed by atoms with Crippen molar-refractivity contribution in [2.75, 3.05) is 12.4 Å². The topological polar surface area (TPSA) is 29.5 Å². The van der Waals surface area contributed by atoms with Crippen molar-refractivity contribution in [1.82, 2.24) is 0 Å². The molecule has 6 heteroatoms. The summed E-state index contributed by atoms with van der Waals surface area (Å²) >= 11 is 6.38. The van der Waals surface area contributed by atoms with Crippen molar-refractivity contribution in [2.24, 2.45) is 11.8 Å². The van der Waals surface area contributed by atoms with Gasteiger partial charge >= 0.3 is 0 Å². The SMILES string of the molecule is CC(C)COP(O)(=S)SCC(C)C.[Cu]. The minimum atomic E-state index is -2.55. The second-order valence-corrected chi connectivity index (χ2v) is 10.1. The Morgan fingerprint density at radius 2 is 1.79 bits per heavy atom. The summed E-state index contributed by atoms with van der Waals surface area (Å²) in [7, 11) is 0. The van der Waals surface area contributed by atoms with Crippen molar-refractivity contribution in [1.29, 1.82) is 0 Å². The number of hydrogen-bond donors (Lipinski definition) is 1. The Morgan fingerprint density at radius 3 is 2.14 bits per heavy atom. The molecule has 0 bridgehead atoms. The zero-order valence-corrected chi connectivity index (χ0v) is 12.5. The Hall–Kier alpha value is 1.44. The molecular formula is C8H19CuO2PS2. The number of rotatable bonds is 6. The van der Waals surface area contributed by atoms with Crippen LogP contribution in [-0.2, 0) is 33.4 Å². The van der Waals surface area contributed by atoms with Crippen LogP contribution in [0.15, 0.2) is 0 Å². The second kappa shape index (κ2) is 8.58. The quantitative estimate of drug-likeness (QED) is 0.602. The fraction of sp³-hybridized carbons (Fsp3) is 1.00. The van der Waals surface area contributed by atoms with Crippen molar-refractivity contribution in [2.45, 2.75) is 27.7 Å². The molecule has 1 unspecified atom stereocenters. The van der Waals surface area contributed by atoms with E-state index >= 15 is 0 Å². The zero-order valence-electron chi connectivity index (χ0n) is 8.99. The molecular weight excluding hydrogens is 287 g/mol. The summed E-state index contributed by atoms with van der Waals surface area (Å²) < 4.78 is 5.29. The van der Waals surface area contributed by atoms with E-state index in [1.54, 1.807) is 0 Å². The number of hydrogen-bond acceptors (Lipinski definition) is 3. The van der Waals surface area contributed by atoms with Gasteiger partial charge in [-0.3, -0.25) is 0 Å². The third-order valence-electron chi connectivity index (χ3n) is 1.14. The van der Waals surface area contributed by atoms with Gasteiger partial charge in [-0.05, 0) is 23.6 Å². The summed E-state index contributed by atoms with van der Waals surface area (Å²) in [4.78, 5) is 9.68. The monoisotopic (exact) mass is 305 g/mol. The molecule has 0 saturated heterocycles. The molecule has 0 amide bonds. The summed E-state index contributed by atoms with van der Waals surface area (Å²) in [5.74, 6) is 1.84. The molecule has 1 atom stereocenters. The average Bonchev–Trinajstić information content (AvgIpc) is 1.98. The van der Waals surface area contributed by atoms with Crippen LogP contribution in [-0.4, -0.2) is 17.3 Å². The third-order valence-corrected chi connectivity index (χ3v) is 5.77. The predicted octanol–water partition coefficient (Wildman–Crippen LogP) is 3.26. The van der Waals surface area contributed by atoms with Gasteiger partial charge in [0.1, 0.15) is 0 Å². The maximum Gasteiger partial charge on any atom is 0.244 e. The molecule has 0 aliphatic carbocycles. The summed E-state index contributed by atoms with van der Waals surface area (Å²) in [5, 5.41) is 0. The molecule has 0 aliphatic heterocycles. The van der Waals surface area contributed by atoms with E-state index in [9.17, 15) is 4.89 Å². The van der Waals surface area contributed by atoms with E-state index < -0.39 is 5.69 Å².